The van der Waals surface area contributed by atoms with Crippen molar-refractivity contribution in [3.05, 3.63) is 41.2 Å². The van der Waals surface area contributed by atoms with Gasteiger partial charge in [-0.15, -0.1) is 0 Å². The van der Waals surface area contributed by atoms with Crippen molar-refractivity contribution in [2.75, 3.05) is 14.1 Å². The highest BCUT2D eigenvalue weighted by Crippen LogP contribution is 2.34. The van der Waals surface area contributed by atoms with E-state index >= 15 is 0 Å². The predicted molar refractivity (Wildman–Crippen MR) is 69.7 cm³/mol. The van der Waals surface area contributed by atoms with Crippen LogP contribution in [0, 0.1) is 0 Å². The third-order valence-electron chi connectivity index (χ3n) is 3.51. The first-order chi connectivity index (χ1) is 9.27. The minimum Gasteiger partial charge on any atom is -0.374 e. The molecule has 0 aliphatic carbocycles. The molecule has 6 heteroatoms. The first kappa shape index (κ1) is 14.4. The third-order valence-corrected chi connectivity index (χ3v) is 3.51. The number of nitrogens with one attached hydrogen (secondary N) is 1. The van der Waals surface area contributed by atoms with E-state index in [0.717, 1.165) is 12.1 Å². The number of carbonyl (C=O) groups is 1. The van der Waals surface area contributed by atoms with Crippen LogP contribution in [0.2, 0.25) is 0 Å². The molecule has 1 unspecified atom stereocenters. The monoisotopic (exact) mass is 284 g/mol. The first-order valence-corrected chi connectivity index (χ1v) is 6.14. The van der Waals surface area contributed by atoms with Gasteiger partial charge in [-0.1, -0.05) is 12.1 Å². The van der Waals surface area contributed by atoms with Crippen LogP contribution in [-0.4, -0.2) is 30.8 Å². The molecule has 0 fully saturated rings. The molecule has 0 spiro atoms. The van der Waals surface area contributed by atoms with Crippen LogP contribution in [0.25, 0.3) is 5.57 Å². The van der Waals surface area contributed by atoms with E-state index in [9.17, 15) is 18.0 Å². The Morgan fingerprint density at radius 3 is 2.50 bits per heavy atom. The first-order valence-electron chi connectivity index (χ1n) is 6.14. The topological polar surface area (TPSA) is 32.3 Å². The van der Waals surface area contributed by atoms with Crippen molar-refractivity contribution in [1.29, 1.82) is 0 Å². The predicted octanol–water partition coefficient (Wildman–Crippen LogP) is 2.50. The molecule has 0 aromatic heterocycles. The van der Waals surface area contributed by atoms with Crippen molar-refractivity contribution in [1.82, 2.24) is 10.2 Å². The molecule has 1 aromatic carbocycles. The van der Waals surface area contributed by atoms with Gasteiger partial charge in [0.2, 0.25) is 0 Å². The maximum absolute atomic E-state index is 12.8. The molecule has 0 saturated heterocycles. The number of hydrogen-bond acceptors (Lipinski definition) is 3. The molecule has 2 rings (SSSR count). The van der Waals surface area contributed by atoms with Crippen LogP contribution in [0.1, 0.15) is 18.1 Å². The van der Waals surface area contributed by atoms with Gasteiger partial charge in [-0.05, 0) is 24.6 Å². The van der Waals surface area contributed by atoms with Gasteiger partial charge in [0.1, 0.15) is 5.82 Å². The number of benzene rings is 1. The van der Waals surface area contributed by atoms with Crippen molar-refractivity contribution < 1.29 is 18.0 Å². The fourth-order valence-electron chi connectivity index (χ4n) is 2.30. The van der Waals surface area contributed by atoms with Gasteiger partial charge >= 0.3 is 6.18 Å². The molecule has 1 N–H and O–H groups in total. The zero-order valence-electron chi connectivity index (χ0n) is 11.4. The number of alkyl halides is 3. The number of ketones is 1. The normalized spacial score (nSPS) is 19.8. The minimum absolute atomic E-state index is 0.184. The van der Waals surface area contributed by atoms with Gasteiger partial charge in [-0.2, -0.15) is 13.2 Å². The van der Waals surface area contributed by atoms with Crippen LogP contribution in [0.15, 0.2) is 30.1 Å². The average Bonchev–Trinajstić information content (AvgIpc) is 2.62. The van der Waals surface area contributed by atoms with E-state index in [1.54, 1.807) is 25.9 Å². The molecule has 3 nitrogen and oxygen atoms in total. The zero-order chi connectivity index (χ0) is 15.1. The molecule has 20 heavy (non-hydrogen) atoms. The summed E-state index contributed by atoms with van der Waals surface area (Å²) in [6, 6.07) is 4.45. The maximum atomic E-state index is 12.8. The quantitative estimate of drug-likeness (QED) is 0.905. The molecule has 1 aliphatic rings. The van der Waals surface area contributed by atoms with Crippen LogP contribution in [0.5, 0.6) is 0 Å². The lowest BCUT2D eigenvalue weighted by Crippen LogP contribution is -2.31. The largest absolute Gasteiger partial charge is 0.416 e. The molecule has 0 amide bonds. The van der Waals surface area contributed by atoms with Crippen molar-refractivity contribution >= 4 is 11.4 Å². The van der Waals surface area contributed by atoms with E-state index in [-0.39, 0.29) is 17.4 Å². The standard InChI is InChI=1S/C14H15F3N2O/c1-8-12(20)11(13(18-2)19(8)3)9-5-4-6-10(7-9)14(15,16)17/h4-8,18H,1-3H3. The van der Waals surface area contributed by atoms with Gasteiger partial charge in [0.15, 0.2) is 5.78 Å². The van der Waals surface area contributed by atoms with E-state index in [1.165, 1.54) is 12.1 Å². The average molecular weight is 284 g/mol. The summed E-state index contributed by atoms with van der Waals surface area (Å²) in [5, 5.41) is 2.88. The van der Waals surface area contributed by atoms with Crippen LogP contribution in [-0.2, 0) is 11.0 Å². The Morgan fingerprint density at radius 2 is 1.95 bits per heavy atom. The fourth-order valence-corrected chi connectivity index (χ4v) is 2.30. The van der Waals surface area contributed by atoms with Gasteiger partial charge in [-0.3, -0.25) is 4.79 Å². The van der Waals surface area contributed by atoms with Gasteiger partial charge < -0.3 is 10.2 Å². The SMILES string of the molecule is CNC1=C(c2cccc(C(F)(F)F)c2)C(=O)C(C)N1C. The number of likely N-dealkylation sites (N-methyl/N-ethyl adjacent to an activating group) is 1. The van der Waals surface area contributed by atoms with Crippen molar-refractivity contribution in [2.24, 2.45) is 0 Å². The van der Waals surface area contributed by atoms with Gasteiger partial charge in [0.05, 0.1) is 17.2 Å². The molecule has 1 aromatic rings. The molecular weight excluding hydrogens is 269 g/mol. The molecule has 0 saturated carbocycles. The Kier molecular flexibility index (Phi) is 3.50. The highest BCUT2D eigenvalue weighted by atomic mass is 19.4. The minimum atomic E-state index is -4.42. The number of halogens is 3. The van der Waals surface area contributed by atoms with E-state index < -0.39 is 11.7 Å². The number of rotatable bonds is 2. The second-order valence-corrected chi connectivity index (χ2v) is 4.70. The summed E-state index contributed by atoms with van der Waals surface area (Å²) in [6.45, 7) is 1.72. The molecule has 1 heterocycles. The fraction of sp³-hybridized carbons (Fsp3) is 0.357. The summed E-state index contributed by atoms with van der Waals surface area (Å²) in [5.74, 6) is 0.359. The highest BCUT2D eigenvalue weighted by molar-refractivity contribution is 6.25. The second kappa shape index (κ2) is 4.85. The number of hydrogen-bond donors (Lipinski definition) is 1. The Hall–Kier alpha value is -1.98. The number of Topliss-reactive ketones (excluding diaryl/α,β-unsaturated/α-hetero) is 1. The second-order valence-electron chi connectivity index (χ2n) is 4.70. The van der Waals surface area contributed by atoms with Crippen molar-refractivity contribution in [3.63, 3.8) is 0 Å². The summed E-state index contributed by atoms with van der Waals surface area (Å²) in [4.78, 5) is 13.9. The van der Waals surface area contributed by atoms with Crippen molar-refractivity contribution in [2.45, 2.75) is 19.1 Å². The lowest BCUT2D eigenvalue weighted by atomic mass is 9.99. The number of nitrogens with zero attached hydrogens (tertiary/aromatic N) is 1. The van der Waals surface area contributed by atoms with Crippen LogP contribution in [0.4, 0.5) is 13.2 Å². The Labute approximate surface area is 115 Å². The Balaban J connectivity index is 2.56. The lowest BCUT2D eigenvalue weighted by Gasteiger charge is -2.19. The molecule has 0 radical (unpaired) electrons. The third kappa shape index (κ3) is 2.26. The van der Waals surface area contributed by atoms with E-state index in [1.807, 2.05) is 0 Å². The molecule has 0 bridgehead atoms. The Bertz CT molecular complexity index is 578. The van der Waals surface area contributed by atoms with Crippen LogP contribution in [0.3, 0.4) is 0 Å². The summed E-state index contributed by atoms with van der Waals surface area (Å²) in [7, 11) is 3.37. The molecule has 108 valence electrons. The van der Waals surface area contributed by atoms with E-state index in [0.29, 0.717) is 11.4 Å². The van der Waals surface area contributed by atoms with Crippen molar-refractivity contribution in [3.8, 4) is 0 Å². The maximum Gasteiger partial charge on any atom is 0.416 e. The summed E-state index contributed by atoms with van der Waals surface area (Å²) >= 11 is 0. The zero-order valence-corrected chi connectivity index (χ0v) is 11.4. The van der Waals surface area contributed by atoms with Gasteiger partial charge in [0, 0.05) is 14.1 Å². The van der Waals surface area contributed by atoms with E-state index in [2.05, 4.69) is 5.32 Å². The summed E-state index contributed by atoms with van der Waals surface area (Å²) in [5.41, 5.74) is -0.174. The Morgan fingerprint density at radius 1 is 1.30 bits per heavy atom. The van der Waals surface area contributed by atoms with Gasteiger partial charge in [-0.25, -0.2) is 0 Å². The summed E-state index contributed by atoms with van der Waals surface area (Å²) in [6.07, 6.45) is -4.42. The number of carbonyl (C=O) groups excluding carboxylic acids is 1. The molecule has 1 atom stereocenters. The smallest absolute Gasteiger partial charge is 0.374 e. The van der Waals surface area contributed by atoms with E-state index in [4.69, 9.17) is 0 Å². The van der Waals surface area contributed by atoms with Crippen LogP contribution >= 0.6 is 0 Å². The summed E-state index contributed by atoms with van der Waals surface area (Å²) < 4.78 is 38.3. The van der Waals surface area contributed by atoms with Crippen LogP contribution < -0.4 is 5.32 Å². The molecular formula is C14H15F3N2O. The highest BCUT2D eigenvalue weighted by Gasteiger charge is 2.36. The van der Waals surface area contributed by atoms with Gasteiger partial charge in [0.25, 0.3) is 0 Å². The molecule has 1 aliphatic heterocycles. The lowest BCUT2D eigenvalue weighted by molar-refractivity contribution is -0.137.